The van der Waals surface area contributed by atoms with Gasteiger partial charge < -0.3 is 0 Å². The number of rotatable bonds is 6. The molecule has 0 aliphatic carbocycles. The summed E-state index contributed by atoms with van der Waals surface area (Å²) in [4.78, 5) is 0. The predicted octanol–water partition coefficient (Wildman–Crippen LogP) is 4.19. The first-order chi connectivity index (χ1) is 4.85. The molecule has 0 aromatic carbocycles. The van der Waals surface area contributed by atoms with Gasteiger partial charge in [-0.15, -0.1) is 0 Å². The standard InChI is InChI=1S/C8H17S2/c1-3-5-7-8(10-9)6-4-2/h8H,3-7H2,1-2H3. The molecule has 0 saturated carbocycles. The highest BCUT2D eigenvalue weighted by molar-refractivity contribution is 8.68. The van der Waals surface area contributed by atoms with Crippen LogP contribution < -0.4 is 0 Å². The summed E-state index contributed by atoms with van der Waals surface area (Å²) >= 11 is 4.97. The van der Waals surface area contributed by atoms with E-state index in [1.807, 2.05) is 0 Å². The van der Waals surface area contributed by atoms with Gasteiger partial charge >= 0.3 is 0 Å². The van der Waals surface area contributed by atoms with E-state index in [1.165, 1.54) is 32.1 Å². The molecule has 0 rings (SSSR count). The van der Waals surface area contributed by atoms with Gasteiger partial charge in [-0.3, -0.25) is 0 Å². The molecule has 0 amide bonds. The molecule has 0 heterocycles. The molecular weight excluding hydrogens is 160 g/mol. The Morgan fingerprint density at radius 2 is 1.90 bits per heavy atom. The second-order valence-electron chi connectivity index (χ2n) is 2.65. The van der Waals surface area contributed by atoms with Crippen molar-refractivity contribution in [3.63, 3.8) is 0 Å². The van der Waals surface area contributed by atoms with Crippen LogP contribution in [-0.4, -0.2) is 5.25 Å². The van der Waals surface area contributed by atoms with Gasteiger partial charge in [-0.2, -0.15) is 0 Å². The first kappa shape index (κ1) is 10.7. The minimum atomic E-state index is 0.750. The van der Waals surface area contributed by atoms with Crippen molar-refractivity contribution < 1.29 is 0 Å². The monoisotopic (exact) mass is 177 g/mol. The maximum atomic E-state index is 4.97. The number of hydrogen-bond acceptors (Lipinski definition) is 1. The molecule has 0 saturated heterocycles. The van der Waals surface area contributed by atoms with Gasteiger partial charge in [0, 0.05) is 5.25 Å². The Hall–Kier alpha value is 0.700. The first-order valence-electron chi connectivity index (χ1n) is 4.13. The van der Waals surface area contributed by atoms with E-state index in [2.05, 4.69) is 13.8 Å². The lowest BCUT2D eigenvalue weighted by atomic mass is 10.1. The van der Waals surface area contributed by atoms with Gasteiger partial charge in [0.05, 0.1) is 0 Å². The summed E-state index contributed by atoms with van der Waals surface area (Å²) in [5.41, 5.74) is 0. The Bertz CT molecular complexity index is 64.3. The van der Waals surface area contributed by atoms with E-state index < -0.39 is 0 Å². The average Bonchev–Trinajstić information content (AvgIpc) is 1.98. The van der Waals surface area contributed by atoms with Crippen molar-refractivity contribution in [3.8, 4) is 0 Å². The Kier molecular flexibility index (Phi) is 8.35. The molecule has 61 valence electrons. The van der Waals surface area contributed by atoms with E-state index in [4.69, 9.17) is 11.7 Å². The van der Waals surface area contributed by atoms with Crippen LogP contribution in [0.25, 0.3) is 0 Å². The lowest BCUT2D eigenvalue weighted by molar-refractivity contribution is 0.641. The van der Waals surface area contributed by atoms with Gasteiger partial charge in [-0.25, -0.2) is 0 Å². The fraction of sp³-hybridized carbons (Fsp3) is 1.00. The Morgan fingerprint density at radius 3 is 2.30 bits per heavy atom. The van der Waals surface area contributed by atoms with E-state index in [0.717, 1.165) is 5.25 Å². The number of unbranched alkanes of at least 4 members (excludes halogenated alkanes) is 1. The van der Waals surface area contributed by atoms with Gasteiger partial charge in [0.25, 0.3) is 0 Å². The maximum absolute atomic E-state index is 4.97. The zero-order chi connectivity index (χ0) is 7.82. The summed E-state index contributed by atoms with van der Waals surface area (Å²) in [6.07, 6.45) is 6.54. The van der Waals surface area contributed by atoms with Crippen LogP contribution in [0.2, 0.25) is 0 Å². The molecule has 0 aromatic heterocycles. The van der Waals surface area contributed by atoms with Crippen LogP contribution >= 0.6 is 22.5 Å². The Balaban J connectivity index is 3.21. The van der Waals surface area contributed by atoms with E-state index in [9.17, 15) is 0 Å². The van der Waals surface area contributed by atoms with Crippen LogP contribution in [0.4, 0.5) is 0 Å². The van der Waals surface area contributed by atoms with Crippen molar-refractivity contribution in [2.45, 2.75) is 51.2 Å². The summed E-state index contributed by atoms with van der Waals surface area (Å²) in [7, 11) is 1.62. The van der Waals surface area contributed by atoms with Gasteiger partial charge in [0.2, 0.25) is 0 Å². The van der Waals surface area contributed by atoms with Crippen LogP contribution in [0.5, 0.6) is 0 Å². The molecule has 1 atom stereocenters. The zero-order valence-electron chi connectivity index (χ0n) is 6.93. The molecule has 0 N–H and O–H groups in total. The van der Waals surface area contributed by atoms with Crippen molar-refractivity contribution in [3.05, 3.63) is 0 Å². The molecule has 1 radical (unpaired) electrons. The second kappa shape index (κ2) is 7.80. The molecule has 0 aliphatic rings. The molecule has 2 heteroatoms. The fourth-order valence-electron chi connectivity index (χ4n) is 0.994. The van der Waals surface area contributed by atoms with Gasteiger partial charge in [-0.1, -0.05) is 43.9 Å². The fourth-order valence-corrected chi connectivity index (χ4v) is 2.17. The summed E-state index contributed by atoms with van der Waals surface area (Å²) in [5.74, 6) is 0. The highest BCUT2D eigenvalue weighted by Gasteiger charge is 2.04. The third-order valence-corrected chi connectivity index (χ3v) is 3.19. The van der Waals surface area contributed by atoms with Crippen molar-refractivity contribution in [2.75, 3.05) is 0 Å². The maximum Gasteiger partial charge on any atom is 0.0159 e. The normalized spacial score (nSPS) is 13.5. The van der Waals surface area contributed by atoms with Gasteiger partial charge in [0.1, 0.15) is 0 Å². The average molecular weight is 177 g/mol. The van der Waals surface area contributed by atoms with Crippen LogP contribution in [0, 0.1) is 0 Å². The van der Waals surface area contributed by atoms with Crippen LogP contribution in [0.3, 0.4) is 0 Å². The first-order valence-corrected chi connectivity index (χ1v) is 5.94. The Labute approximate surface area is 74.0 Å². The predicted molar refractivity (Wildman–Crippen MR) is 53.4 cm³/mol. The minimum Gasteiger partial charge on any atom is -0.0783 e. The largest absolute Gasteiger partial charge is 0.0783 e. The molecular formula is C8H17S2. The van der Waals surface area contributed by atoms with Crippen molar-refractivity contribution >= 4 is 22.5 Å². The van der Waals surface area contributed by atoms with E-state index in [0.29, 0.717) is 0 Å². The van der Waals surface area contributed by atoms with Crippen molar-refractivity contribution in [1.29, 1.82) is 0 Å². The zero-order valence-corrected chi connectivity index (χ0v) is 8.56. The van der Waals surface area contributed by atoms with E-state index in [-0.39, 0.29) is 0 Å². The third kappa shape index (κ3) is 5.48. The summed E-state index contributed by atoms with van der Waals surface area (Å²) in [6.45, 7) is 4.46. The molecule has 0 aliphatic heterocycles. The van der Waals surface area contributed by atoms with Crippen molar-refractivity contribution in [1.82, 2.24) is 0 Å². The molecule has 0 bridgehead atoms. The quantitative estimate of drug-likeness (QED) is 0.548. The summed E-state index contributed by atoms with van der Waals surface area (Å²) in [5, 5.41) is 0.750. The SMILES string of the molecule is CCCCC(CCC)S[S]. The molecule has 10 heavy (non-hydrogen) atoms. The summed E-state index contributed by atoms with van der Waals surface area (Å²) in [6, 6.07) is 0. The minimum absolute atomic E-state index is 0.750. The van der Waals surface area contributed by atoms with E-state index in [1.54, 1.807) is 10.8 Å². The van der Waals surface area contributed by atoms with Crippen LogP contribution in [-0.2, 0) is 0 Å². The molecule has 0 fully saturated rings. The molecule has 0 nitrogen and oxygen atoms in total. The topological polar surface area (TPSA) is 0 Å². The lowest BCUT2D eigenvalue weighted by Crippen LogP contribution is -1.98. The molecule has 0 aromatic rings. The van der Waals surface area contributed by atoms with Gasteiger partial charge in [-0.05, 0) is 24.5 Å². The smallest absolute Gasteiger partial charge is 0.0159 e. The molecule has 1 unspecified atom stereocenters. The Morgan fingerprint density at radius 1 is 1.20 bits per heavy atom. The van der Waals surface area contributed by atoms with E-state index >= 15 is 0 Å². The van der Waals surface area contributed by atoms with Crippen LogP contribution in [0.1, 0.15) is 46.0 Å². The third-order valence-electron chi connectivity index (χ3n) is 1.63. The second-order valence-corrected chi connectivity index (χ2v) is 4.09. The lowest BCUT2D eigenvalue weighted by Gasteiger charge is -2.09. The van der Waals surface area contributed by atoms with Gasteiger partial charge in [0.15, 0.2) is 0 Å². The van der Waals surface area contributed by atoms with Crippen molar-refractivity contribution in [2.24, 2.45) is 0 Å². The summed E-state index contributed by atoms with van der Waals surface area (Å²) < 4.78 is 0. The molecule has 0 spiro atoms. The number of hydrogen-bond donors (Lipinski definition) is 0. The van der Waals surface area contributed by atoms with Crippen LogP contribution in [0.15, 0.2) is 0 Å². The highest BCUT2D eigenvalue weighted by Crippen LogP contribution is 2.24. The highest BCUT2D eigenvalue weighted by atomic mass is 33.1.